The van der Waals surface area contributed by atoms with Crippen molar-refractivity contribution in [2.45, 2.75) is 118 Å². The highest BCUT2D eigenvalue weighted by Crippen LogP contribution is 2.29. The smallest absolute Gasteiger partial charge is 0.408 e. The molecule has 36 heavy (non-hydrogen) atoms. The van der Waals surface area contributed by atoms with Crippen molar-refractivity contribution in [3.05, 3.63) is 29.3 Å². The molecule has 3 unspecified atom stereocenters. The molecular weight excluding hydrogens is 458 g/mol. The predicted octanol–water partition coefficient (Wildman–Crippen LogP) is 5.22. The molecule has 0 aromatic heterocycles. The number of phenols is 1. The second-order valence-corrected chi connectivity index (χ2v) is 11.3. The van der Waals surface area contributed by atoms with Crippen LogP contribution in [0, 0.1) is 12.8 Å². The Morgan fingerprint density at radius 3 is 2.14 bits per heavy atom. The molecule has 3 N–H and O–H groups in total. The molecule has 0 saturated carbocycles. The number of carbonyl (C=O) groups excluding carboxylic acids is 3. The molecule has 0 bridgehead atoms. The minimum absolute atomic E-state index is 0.0707. The minimum Gasteiger partial charge on any atom is -0.508 e. The summed E-state index contributed by atoms with van der Waals surface area (Å²) < 4.78 is 5.41. The highest BCUT2D eigenvalue weighted by molar-refractivity contribution is 5.92. The normalized spacial score (nSPS) is 14.2. The van der Waals surface area contributed by atoms with E-state index >= 15 is 0 Å². The highest BCUT2D eigenvalue weighted by atomic mass is 16.6. The predicted molar refractivity (Wildman–Crippen MR) is 143 cm³/mol. The summed E-state index contributed by atoms with van der Waals surface area (Å²) in [7, 11) is 0. The van der Waals surface area contributed by atoms with E-state index < -0.39 is 23.8 Å². The first-order valence-corrected chi connectivity index (χ1v) is 13.0. The second-order valence-electron chi connectivity index (χ2n) is 11.3. The number of benzene rings is 1. The molecule has 0 spiro atoms. The molecular formula is C28H47N3O5. The van der Waals surface area contributed by atoms with Gasteiger partial charge in [-0.05, 0) is 90.5 Å². The Morgan fingerprint density at radius 2 is 1.67 bits per heavy atom. The first kappa shape index (κ1) is 31.3. The number of ether oxygens (including phenoxy) is 1. The fourth-order valence-electron chi connectivity index (χ4n) is 4.12. The summed E-state index contributed by atoms with van der Waals surface area (Å²) in [6.45, 7) is 18.7. The van der Waals surface area contributed by atoms with E-state index in [4.69, 9.17) is 4.74 Å². The summed E-state index contributed by atoms with van der Waals surface area (Å²) >= 11 is 0. The van der Waals surface area contributed by atoms with Crippen molar-refractivity contribution in [1.29, 1.82) is 0 Å². The van der Waals surface area contributed by atoms with Crippen molar-refractivity contribution < 1.29 is 24.2 Å². The summed E-state index contributed by atoms with van der Waals surface area (Å²) in [4.78, 5) is 41.8. The minimum atomic E-state index is -0.939. The lowest BCUT2D eigenvalue weighted by atomic mass is 9.96. The van der Waals surface area contributed by atoms with Gasteiger partial charge in [0.1, 0.15) is 23.4 Å². The molecule has 8 nitrogen and oxygen atoms in total. The number of phenolic OH excluding ortho intramolecular Hbond substituents is 1. The summed E-state index contributed by atoms with van der Waals surface area (Å²) in [6.07, 6.45) is 1.42. The van der Waals surface area contributed by atoms with Gasteiger partial charge >= 0.3 is 6.09 Å². The molecule has 3 atom stereocenters. The largest absolute Gasteiger partial charge is 0.508 e. The fraction of sp³-hybridized carbons (Fsp3) is 0.679. The van der Waals surface area contributed by atoms with Gasteiger partial charge in [0.15, 0.2) is 0 Å². The SMILES string of the molecule is CCCC(C)NC(=O)C(c1ccc(O)c(C)c1)N(C(=O)C(CC(C)C)NC(=O)OC(C)(C)C)C(C)C. The van der Waals surface area contributed by atoms with Crippen molar-refractivity contribution in [2.75, 3.05) is 0 Å². The average molecular weight is 506 g/mol. The molecule has 0 radical (unpaired) electrons. The monoisotopic (exact) mass is 505 g/mol. The Hall–Kier alpha value is -2.77. The van der Waals surface area contributed by atoms with Crippen LogP contribution in [0.2, 0.25) is 0 Å². The van der Waals surface area contributed by atoms with Crippen LogP contribution in [0.25, 0.3) is 0 Å². The van der Waals surface area contributed by atoms with Crippen molar-refractivity contribution in [3.63, 3.8) is 0 Å². The number of aromatic hydroxyl groups is 1. The van der Waals surface area contributed by atoms with E-state index in [1.54, 1.807) is 39.8 Å². The summed E-state index contributed by atoms with van der Waals surface area (Å²) in [5.74, 6) is -0.443. The maximum atomic E-state index is 14.0. The first-order valence-electron chi connectivity index (χ1n) is 13.0. The van der Waals surface area contributed by atoms with Gasteiger partial charge in [-0.2, -0.15) is 0 Å². The van der Waals surface area contributed by atoms with Gasteiger partial charge in [-0.15, -0.1) is 0 Å². The van der Waals surface area contributed by atoms with Crippen LogP contribution in [0.4, 0.5) is 4.79 Å². The molecule has 0 saturated heterocycles. The molecule has 0 heterocycles. The number of carbonyl (C=O) groups is 3. The maximum absolute atomic E-state index is 14.0. The molecule has 0 aliphatic carbocycles. The van der Waals surface area contributed by atoms with E-state index in [0.29, 0.717) is 17.5 Å². The number of aryl methyl sites for hydroxylation is 1. The zero-order chi connectivity index (χ0) is 27.8. The fourth-order valence-corrected chi connectivity index (χ4v) is 4.12. The van der Waals surface area contributed by atoms with Gasteiger partial charge < -0.3 is 25.4 Å². The van der Waals surface area contributed by atoms with E-state index in [0.717, 1.165) is 12.8 Å². The van der Waals surface area contributed by atoms with Crippen LogP contribution < -0.4 is 10.6 Å². The van der Waals surface area contributed by atoms with Crippen LogP contribution >= 0.6 is 0 Å². The van der Waals surface area contributed by atoms with Crippen molar-refractivity contribution in [2.24, 2.45) is 5.92 Å². The van der Waals surface area contributed by atoms with Gasteiger partial charge in [0.25, 0.3) is 0 Å². The van der Waals surface area contributed by atoms with Gasteiger partial charge in [-0.25, -0.2) is 4.79 Å². The van der Waals surface area contributed by atoms with Crippen molar-refractivity contribution in [3.8, 4) is 5.75 Å². The van der Waals surface area contributed by atoms with E-state index in [-0.39, 0.29) is 35.6 Å². The van der Waals surface area contributed by atoms with E-state index in [2.05, 4.69) is 10.6 Å². The molecule has 0 aliphatic rings. The third-order valence-electron chi connectivity index (χ3n) is 5.68. The van der Waals surface area contributed by atoms with E-state index in [9.17, 15) is 19.5 Å². The number of nitrogens with one attached hydrogen (secondary N) is 2. The molecule has 1 aromatic rings. The highest BCUT2D eigenvalue weighted by Gasteiger charge is 2.38. The van der Waals surface area contributed by atoms with Crippen LogP contribution in [-0.4, -0.2) is 51.6 Å². The summed E-state index contributed by atoms with van der Waals surface area (Å²) in [5.41, 5.74) is 0.483. The van der Waals surface area contributed by atoms with Gasteiger partial charge in [-0.1, -0.05) is 33.3 Å². The Kier molecular flexibility index (Phi) is 11.7. The lowest BCUT2D eigenvalue weighted by Gasteiger charge is -2.38. The first-order chi connectivity index (χ1) is 16.6. The molecule has 0 aliphatic heterocycles. The molecule has 204 valence electrons. The number of rotatable bonds is 11. The Balaban J connectivity index is 3.51. The number of amides is 3. The topological polar surface area (TPSA) is 108 Å². The van der Waals surface area contributed by atoms with Crippen molar-refractivity contribution >= 4 is 17.9 Å². The number of nitrogens with zero attached hydrogens (tertiary/aromatic N) is 1. The quantitative estimate of drug-likeness (QED) is 0.382. The van der Waals surface area contributed by atoms with Gasteiger partial charge in [0, 0.05) is 12.1 Å². The van der Waals surface area contributed by atoms with Crippen LogP contribution in [0.1, 0.15) is 98.7 Å². The van der Waals surface area contributed by atoms with E-state index in [1.165, 1.54) is 11.0 Å². The van der Waals surface area contributed by atoms with Gasteiger partial charge in [0.2, 0.25) is 11.8 Å². The Labute approximate surface area is 217 Å². The molecule has 1 aromatic carbocycles. The second kappa shape index (κ2) is 13.5. The molecule has 3 amide bonds. The van der Waals surface area contributed by atoms with Crippen LogP contribution in [0.15, 0.2) is 18.2 Å². The summed E-state index contributed by atoms with van der Waals surface area (Å²) in [6, 6.07) is 2.70. The van der Waals surface area contributed by atoms with Gasteiger partial charge in [-0.3, -0.25) is 9.59 Å². The van der Waals surface area contributed by atoms with Crippen LogP contribution in [0.3, 0.4) is 0 Å². The lowest BCUT2D eigenvalue weighted by Crippen LogP contribution is -2.55. The van der Waals surface area contributed by atoms with Crippen molar-refractivity contribution in [1.82, 2.24) is 15.5 Å². The zero-order valence-electron chi connectivity index (χ0n) is 23.8. The zero-order valence-corrected chi connectivity index (χ0v) is 23.8. The maximum Gasteiger partial charge on any atom is 0.408 e. The van der Waals surface area contributed by atoms with Gasteiger partial charge in [0.05, 0.1) is 0 Å². The molecule has 8 heteroatoms. The molecule has 1 rings (SSSR count). The standard InChI is InChI=1S/C28H47N3O5/c1-11-12-20(7)29-25(33)24(21-13-14-23(32)19(6)16-21)31(18(4)5)26(34)22(15-17(2)3)30-27(35)36-28(8,9)10/h13-14,16-18,20,22,24,32H,11-12,15H2,1-10H3,(H,29,33)(H,30,35). The summed E-state index contributed by atoms with van der Waals surface area (Å²) in [5, 5.41) is 15.9. The third kappa shape index (κ3) is 9.70. The third-order valence-corrected chi connectivity index (χ3v) is 5.68. The Bertz CT molecular complexity index is 892. The molecule has 0 fully saturated rings. The number of alkyl carbamates (subject to hydrolysis) is 1. The van der Waals surface area contributed by atoms with E-state index in [1.807, 2.05) is 41.5 Å². The van der Waals surface area contributed by atoms with Crippen LogP contribution in [0.5, 0.6) is 5.75 Å². The average Bonchev–Trinajstić information content (AvgIpc) is 2.71. The Morgan fingerprint density at radius 1 is 1.06 bits per heavy atom. The number of hydrogen-bond donors (Lipinski definition) is 3. The lowest BCUT2D eigenvalue weighted by molar-refractivity contribution is -0.145. The van der Waals surface area contributed by atoms with Crippen LogP contribution in [-0.2, 0) is 14.3 Å². The number of hydrogen-bond acceptors (Lipinski definition) is 5.